The standard InChI is InChI=1S/C11H10Cl2O/c12-10-5-7-2-1-3-9(14)4-8(7)6-11(10)13/h5-6H,1-4H2. The normalized spacial score (nSPS) is 16.3. The molecule has 1 aliphatic rings. The Morgan fingerprint density at radius 2 is 1.64 bits per heavy atom. The topological polar surface area (TPSA) is 17.1 Å². The van der Waals surface area contributed by atoms with E-state index in [4.69, 9.17) is 23.2 Å². The van der Waals surface area contributed by atoms with Crippen LogP contribution in [0.1, 0.15) is 24.0 Å². The minimum absolute atomic E-state index is 0.294. The van der Waals surface area contributed by atoms with Crippen LogP contribution in [0.5, 0.6) is 0 Å². The van der Waals surface area contributed by atoms with Crippen LogP contribution in [0.4, 0.5) is 0 Å². The molecular weight excluding hydrogens is 219 g/mol. The van der Waals surface area contributed by atoms with Crippen molar-refractivity contribution in [1.29, 1.82) is 0 Å². The van der Waals surface area contributed by atoms with E-state index in [-0.39, 0.29) is 0 Å². The molecule has 0 radical (unpaired) electrons. The maximum atomic E-state index is 11.4. The lowest BCUT2D eigenvalue weighted by Crippen LogP contribution is -2.00. The number of benzene rings is 1. The molecule has 0 amide bonds. The molecule has 1 nitrogen and oxygen atoms in total. The lowest BCUT2D eigenvalue weighted by atomic mass is 10.0. The van der Waals surface area contributed by atoms with E-state index in [0.29, 0.717) is 28.7 Å². The van der Waals surface area contributed by atoms with Crippen molar-refractivity contribution in [3.05, 3.63) is 33.3 Å². The molecule has 0 heterocycles. The summed E-state index contributed by atoms with van der Waals surface area (Å²) in [4.78, 5) is 11.4. The van der Waals surface area contributed by atoms with Crippen LogP contribution in [-0.4, -0.2) is 5.78 Å². The first kappa shape index (κ1) is 10.0. The van der Waals surface area contributed by atoms with E-state index in [1.807, 2.05) is 12.1 Å². The smallest absolute Gasteiger partial charge is 0.137 e. The third kappa shape index (κ3) is 1.94. The van der Waals surface area contributed by atoms with Crippen molar-refractivity contribution in [1.82, 2.24) is 0 Å². The zero-order chi connectivity index (χ0) is 10.1. The van der Waals surface area contributed by atoms with Gasteiger partial charge in [-0.2, -0.15) is 0 Å². The predicted molar refractivity (Wildman–Crippen MR) is 58.1 cm³/mol. The third-order valence-electron chi connectivity index (χ3n) is 2.53. The molecule has 0 aromatic heterocycles. The molecule has 0 bridgehead atoms. The maximum absolute atomic E-state index is 11.4. The molecule has 0 unspecified atom stereocenters. The van der Waals surface area contributed by atoms with Crippen LogP contribution in [0.25, 0.3) is 0 Å². The van der Waals surface area contributed by atoms with Gasteiger partial charge in [-0.05, 0) is 36.1 Å². The van der Waals surface area contributed by atoms with Gasteiger partial charge in [-0.15, -0.1) is 0 Å². The fraction of sp³-hybridized carbons (Fsp3) is 0.364. The van der Waals surface area contributed by atoms with Gasteiger partial charge >= 0.3 is 0 Å². The number of carbonyl (C=O) groups excluding carboxylic acids is 1. The lowest BCUT2D eigenvalue weighted by Gasteiger charge is -2.06. The number of fused-ring (bicyclic) bond motifs is 1. The van der Waals surface area contributed by atoms with Gasteiger partial charge in [0.05, 0.1) is 10.0 Å². The average molecular weight is 229 g/mol. The average Bonchev–Trinajstić information content (AvgIpc) is 2.28. The second-order valence-corrected chi connectivity index (χ2v) is 4.42. The molecule has 0 saturated heterocycles. The molecule has 0 N–H and O–H groups in total. The molecule has 3 heteroatoms. The van der Waals surface area contributed by atoms with Crippen molar-refractivity contribution < 1.29 is 4.79 Å². The number of rotatable bonds is 0. The van der Waals surface area contributed by atoms with Crippen molar-refractivity contribution in [2.24, 2.45) is 0 Å². The summed E-state index contributed by atoms with van der Waals surface area (Å²) in [7, 11) is 0. The highest BCUT2D eigenvalue weighted by Gasteiger charge is 2.15. The summed E-state index contributed by atoms with van der Waals surface area (Å²) < 4.78 is 0. The zero-order valence-electron chi connectivity index (χ0n) is 7.65. The molecule has 0 fully saturated rings. The van der Waals surface area contributed by atoms with E-state index >= 15 is 0 Å². The van der Waals surface area contributed by atoms with Gasteiger partial charge in [0.2, 0.25) is 0 Å². The number of hydrogen-bond acceptors (Lipinski definition) is 1. The Hall–Kier alpha value is -0.530. The van der Waals surface area contributed by atoms with Gasteiger partial charge in [-0.1, -0.05) is 23.2 Å². The molecule has 1 aromatic rings. The van der Waals surface area contributed by atoms with E-state index in [0.717, 1.165) is 18.4 Å². The van der Waals surface area contributed by atoms with Gasteiger partial charge in [0.25, 0.3) is 0 Å². The van der Waals surface area contributed by atoms with Crippen LogP contribution < -0.4 is 0 Å². The van der Waals surface area contributed by atoms with Crippen molar-refractivity contribution >= 4 is 29.0 Å². The van der Waals surface area contributed by atoms with Crippen LogP contribution in [0, 0.1) is 0 Å². The molecule has 1 aromatic carbocycles. The first-order chi connectivity index (χ1) is 6.66. The van der Waals surface area contributed by atoms with Crippen LogP contribution in [-0.2, 0) is 17.6 Å². The second-order valence-electron chi connectivity index (χ2n) is 3.60. The zero-order valence-corrected chi connectivity index (χ0v) is 9.16. The van der Waals surface area contributed by atoms with Gasteiger partial charge in [0.15, 0.2) is 0 Å². The third-order valence-corrected chi connectivity index (χ3v) is 3.25. The summed E-state index contributed by atoms with van der Waals surface area (Å²) in [6.07, 6.45) is 3.03. The quantitative estimate of drug-likeness (QED) is 0.623. The monoisotopic (exact) mass is 228 g/mol. The largest absolute Gasteiger partial charge is 0.299 e. The summed E-state index contributed by atoms with van der Waals surface area (Å²) in [6.45, 7) is 0. The van der Waals surface area contributed by atoms with Crippen molar-refractivity contribution in [3.63, 3.8) is 0 Å². The van der Waals surface area contributed by atoms with Gasteiger partial charge in [-0.25, -0.2) is 0 Å². The molecule has 0 atom stereocenters. The molecule has 14 heavy (non-hydrogen) atoms. The number of ketones is 1. The minimum atomic E-state index is 0.294. The van der Waals surface area contributed by atoms with Gasteiger partial charge < -0.3 is 0 Å². The highest BCUT2D eigenvalue weighted by Crippen LogP contribution is 2.29. The fourth-order valence-electron chi connectivity index (χ4n) is 1.80. The summed E-state index contributed by atoms with van der Waals surface area (Å²) in [5, 5.41) is 1.12. The predicted octanol–water partition coefficient (Wildman–Crippen LogP) is 3.44. The number of aryl methyl sites for hydroxylation is 1. The molecule has 1 aliphatic carbocycles. The summed E-state index contributed by atoms with van der Waals surface area (Å²) in [6, 6.07) is 3.71. The van der Waals surface area contributed by atoms with Crippen molar-refractivity contribution in [3.8, 4) is 0 Å². The maximum Gasteiger partial charge on any atom is 0.137 e. The van der Waals surface area contributed by atoms with Crippen LogP contribution >= 0.6 is 23.2 Å². The van der Waals surface area contributed by atoms with Gasteiger partial charge in [-0.3, -0.25) is 4.79 Å². The van der Waals surface area contributed by atoms with E-state index in [1.165, 1.54) is 5.56 Å². The van der Waals surface area contributed by atoms with Crippen LogP contribution in [0.2, 0.25) is 10.0 Å². The first-order valence-corrected chi connectivity index (χ1v) is 5.41. The lowest BCUT2D eigenvalue weighted by molar-refractivity contribution is -0.118. The molecule has 0 spiro atoms. The Balaban J connectivity index is 2.46. The van der Waals surface area contributed by atoms with E-state index in [1.54, 1.807) is 0 Å². The molecule has 74 valence electrons. The molecule has 0 saturated carbocycles. The Kier molecular flexibility index (Phi) is 2.80. The molecular formula is C11H10Cl2O. The van der Waals surface area contributed by atoms with Crippen LogP contribution in [0.15, 0.2) is 12.1 Å². The number of Topliss-reactive ketones (excluding diaryl/α,β-unsaturated/α-hetero) is 1. The number of hydrogen-bond donors (Lipinski definition) is 0. The summed E-state index contributed by atoms with van der Waals surface area (Å²) in [5.74, 6) is 0.294. The van der Waals surface area contributed by atoms with E-state index in [2.05, 4.69) is 0 Å². The summed E-state index contributed by atoms with van der Waals surface area (Å²) in [5.41, 5.74) is 2.21. The minimum Gasteiger partial charge on any atom is -0.299 e. The Morgan fingerprint density at radius 3 is 2.36 bits per heavy atom. The SMILES string of the molecule is O=C1CCCc2cc(Cl)c(Cl)cc2C1. The Morgan fingerprint density at radius 1 is 1.00 bits per heavy atom. The summed E-state index contributed by atoms with van der Waals surface area (Å²) >= 11 is 11.8. The highest BCUT2D eigenvalue weighted by molar-refractivity contribution is 6.42. The second kappa shape index (κ2) is 3.92. The van der Waals surface area contributed by atoms with E-state index in [9.17, 15) is 4.79 Å². The van der Waals surface area contributed by atoms with Gasteiger partial charge in [0.1, 0.15) is 5.78 Å². The Labute approximate surface area is 93.0 Å². The highest BCUT2D eigenvalue weighted by atomic mass is 35.5. The van der Waals surface area contributed by atoms with Crippen molar-refractivity contribution in [2.45, 2.75) is 25.7 Å². The Bertz CT molecular complexity index is 385. The van der Waals surface area contributed by atoms with E-state index < -0.39 is 0 Å². The van der Waals surface area contributed by atoms with Gasteiger partial charge in [0, 0.05) is 12.8 Å². The molecule has 0 aliphatic heterocycles. The van der Waals surface area contributed by atoms with Crippen molar-refractivity contribution in [2.75, 3.05) is 0 Å². The first-order valence-electron chi connectivity index (χ1n) is 4.65. The number of halogens is 2. The van der Waals surface area contributed by atoms with Crippen LogP contribution in [0.3, 0.4) is 0 Å². The molecule has 2 rings (SSSR count). The fourth-order valence-corrected chi connectivity index (χ4v) is 2.18. The number of carbonyl (C=O) groups is 1.